The van der Waals surface area contributed by atoms with E-state index in [2.05, 4.69) is 452 Å². The van der Waals surface area contributed by atoms with Crippen molar-refractivity contribution >= 4 is 109 Å². The first-order chi connectivity index (χ1) is 56.6. The molecule has 19 rings (SSSR count). The minimum absolute atomic E-state index is 0.0558. The number of allylic oxidation sites excluding steroid dienone is 4. The van der Waals surface area contributed by atoms with Gasteiger partial charge in [0.2, 0.25) is 0 Å². The number of para-hydroxylation sites is 5. The Labute approximate surface area is 715 Å². The predicted octanol–water partition coefficient (Wildman–Crippen LogP) is 34.7. The lowest BCUT2D eigenvalue weighted by molar-refractivity contribution is 0.496. The highest BCUT2D eigenvalue weighted by Gasteiger charge is 2.27. The number of thiophene rings is 2. The number of hydrogen-bond acceptors (Lipinski definition) is 5. The summed E-state index contributed by atoms with van der Waals surface area (Å²) in [6, 6.07) is 101. The van der Waals surface area contributed by atoms with Gasteiger partial charge in [0.15, 0.2) is 0 Å². The standard InChI is InChI=1S/C22H21N.2C22H20O.C22H20S.C9H14.C8H12O.C8H12S/c1-22(2,3)18-12-6-9-15-21(18)23-19-13-7-4-10-16(19)17-11-5-8-14-20(17)23;1-22(2,3)17-12-8-14-19-21(17)20-16(11-7-13-18(20)23-19)15-9-5-4-6-10-15;2*1-22(2,3)19-14-8-13-18-17-12-7-11-16(20(17)23-21(18)19)15-9-5-4-6-10-15;1-9(2,3)8-6-4-5-7-8;2*1-8(2,3)7-4-5-9-6-7/h4-15H,1-3H3;3*4-14H,1-3H3;4-6H,7H2,1-3H3;2*4-6H,1-3H3. The molecule has 0 unspecified atom stereocenters. The second-order valence-electron chi connectivity index (χ2n) is 38.5. The van der Waals surface area contributed by atoms with Gasteiger partial charge in [0.05, 0.1) is 23.6 Å². The Balaban J connectivity index is 0.000000124. The van der Waals surface area contributed by atoms with Crippen LogP contribution in [0.15, 0.2) is 345 Å². The molecule has 6 heterocycles. The maximum absolute atomic E-state index is 6.40. The molecule has 0 bridgehead atoms. The normalized spacial score (nSPS) is 12.6. The van der Waals surface area contributed by atoms with Gasteiger partial charge in [-0.25, -0.2) is 0 Å². The summed E-state index contributed by atoms with van der Waals surface area (Å²) in [7, 11) is 0. The molecule has 1 aliphatic carbocycles. The van der Waals surface area contributed by atoms with Crippen molar-refractivity contribution in [2.45, 2.75) is 184 Å². The number of furan rings is 3. The Kier molecular flexibility index (Phi) is 25.4. The number of hydrogen-bond donors (Lipinski definition) is 0. The highest BCUT2D eigenvalue weighted by Crippen LogP contribution is 2.47. The van der Waals surface area contributed by atoms with Crippen LogP contribution in [0.25, 0.3) is 125 Å². The summed E-state index contributed by atoms with van der Waals surface area (Å²) >= 11 is 3.70. The lowest BCUT2D eigenvalue weighted by Crippen LogP contribution is -2.15. The fourth-order valence-electron chi connectivity index (χ4n) is 15.7. The molecule has 4 nitrogen and oxygen atoms in total. The van der Waals surface area contributed by atoms with Crippen LogP contribution in [-0.2, 0) is 32.5 Å². The van der Waals surface area contributed by atoms with Crippen LogP contribution in [0.4, 0.5) is 0 Å². The van der Waals surface area contributed by atoms with E-state index < -0.39 is 0 Å². The van der Waals surface area contributed by atoms with Crippen molar-refractivity contribution in [3.8, 4) is 39.1 Å². The van der Waals surface area contributed by atoms with Crippen molar-refractivity contribution in [3.63, 3.8) is 0 Å². The highest BCUT2D eigenvalue weighted by molar-refractivity contribution is 7.26. The molecule has 0 atom stereocenters. The molecule has 18 aromatic rings. The number of benzene rings is 12. The van der Waals surface area contributed by atoms with Crippen LogP contribution in [0.2, 0.25) is 0 Å². The molecule has 6 aromatic heterocycles. The Morgan fingerprint density at radius 1 is 0.311 bits per heavy atom. The molecular formula is C113H119NO3S2. The van der Waals surface area contributed by atoms with E-state index >= 15 is 0 Å². The zero-order chi connectivity index (χ0) is 84.8. The minimum atomic E-state index is 0.0558. The van der Waals surface area contributed by atoms with E-state index in [9.17, 15) is 0 Å². The third-order valence-corrected chi connectivity index (χ3v) is 24.3. The number of nitrogens with zero attached hydrogens (tertiary/aromatic N) is 1. The molecule has 12 aromatic carbocycles. The fraction of sp³-hybridized carbons (Fsp3) is 0.257. The van der Waals surface area contributed by atoms with Crippen LogP contribution < -0.4 is 0 Å². The lowest BCUT2D eigenvalue weighted by atomic mass is 9.83. The van der Waals surface area contributed by atoms with Crippen molar-refractivity contribution in [3.05, 3.63) is 366 Å². The van der Waals surface area contributed by atoms with Crippen molar-refractivity contribution in [2.75, 3.05) is 0 Å². The monoisotopic (exact) mass is 1600 g/mol. The van der Waals surface area contributed by atoms with Crippen LogP contribution in [-0.4, -0.2) is 4.57 Å². The number of rotatable bonds is 4. The smallest absolute Gasteiger partial charge is 0.143 e. The second kappa shape index (κ2) is 35.3. The first-order valence-corrected chi connectivity index (χ1v) is 43.8. The summed E-state index contributed by atoms with van der Waals surface area (Å²) < 4.78 is 22.7. The molecule has 0 N–H and O–H groups in total. The van der Waals surface area contributed by atoms with Crippen molar-refractivity contribution in [1.82, 2.24) is 4.57 Å². The predicted molar refractivity (Wildman–Crippen MR) is 520 cm³/mol. The first-order valence-electron chi connectivity index (χ1n) is 42.1. The molecule has 0 saturated heterocycles. The summed E-state index contributed by atoms with van der Waals surface area (Å²) in [6.45, 7) is 47.1. The minimum Gasteiger partial charge on any atom is -0.472 e. The van der Waals surface area contributed by atoms with Crippen LogP contribution in [0.5, 0.6) is 0 Å². The van der Waals surface area contributed by atoms with Crippen molar-refractivity contribution in [1.29, 1.82) is 0 Å². The van der Waals surface area contributed by atoms with E-state index in [1.807, 2.05) is 23.5 Å². The molecule has 0 fully saturated rings. The molecule has 0 aliphatic heterocycles. The summed E-state index contributed by atoms with van der Waals surface area (Å²) in [5.74, 6) is 0. The molecule has 0 radical (unpaired) electrons. The second-order valence-corrected chi connectivity index (χ2v) is 40.3. The quantitative estimate of drug-likeness (QED) is 0.176. The van der Waals surface area contributed by atoms with E-state index in [0.717, 1.165) is 34.3 Å². The molecule has 606 valence electrons. The van der Waals surface area contributed by atoms with Crippen molar-refractivity contribution < 1.29 is 13.3 Å². The van der Waals surface area contributed by atoms with E-state index in [0.29, 0.717) is 10.8 Å². The maximum Gasteiger partial charge on any atom is 0.143 e. The SMILES string of the molecule is CC(C)(C)C1=CC=CC1.CC(C)(C)c1cccc2c1oc1c(-c3ccccc3)cccc12.CC(C)(C)c1cccc2c1sc1c(-c3ccccc3)cccc12.CC(C)(C)c1cccc2oc3cccc(-c4ccccc4)c3c12.CC(C)(C)c1ccccc1-n1c2ccccc2c2ccccc21.CC(C)(C)c1ccoc1.CC(C)(C)c1ccsc1. The Morgan fingerprint density at radius 2 is 0.748 bits per heavy atom. The topological polar surface area (TPSA) is 44.4 Å². The maximum atomic E-state index is 6.40. The van der Waals surface area contributed by atoms with Crippen LogP contribution in [0.3, 0.4) is 0 Å². The van der Waals surface area contributed by atoms with Gasteiger partial charge in [-0.2, -0.15) is 11.3 Å². The van der Waals surface area contributed by atoms with Gasteiger partial charge in [0.25, 0.3) is 0 Å². The average molecular weight is 1600 g/mol. The van der Waals surface area contributed by atoms with E-state index in [1.165, 1.54) is 130 Å². The molecule has 6 heteroatoms. The van der Waals surface area contributed by atoms with Gasteiger partial charge >= 0.3 is 0 Å². The molecule has 1 aliphatic rings. The highest BCUT2D eigenvalue weighted by atomic mass is 32.1. The Bertz CT molecular complexity index is 6240. The van der Waals surface area contributed by atoms with Gasteiger partial charge in [-0.05, 0) is 153 Å². The first kappa shape index (κ1) is 85.6. The molecule has 0 saturated carbocycles. The van der Waals surface area contributed by atoms with Gasteiger partial charge in [0.1, 0.15) is 22.3 Å². The Hall–Kier alpha value is -11.3. The summed E-state index contributed by atoms with van der Waals surface area (Å²) in [5, 5.41) is 14.6. The van der Waals surface area contributed by atoms with E-state index in [1.54, 1.807) is 29.4 Å². The van der Waals surface area contributed by atoms with Gasteiger partial charge in [-0.15, -0.1) is 11.3 Å². The average Bonchev–Trinajstić information content (AvgIpc) is 1.61. The number of aromatic nitrogens is 1. The van der Waals surface area contributed by atoms with Gasteiger partial charge in [-0.3, -0.25) is 0 Å². The fourth-order valence-corrected chi connectivity index (χ4v) is 18.2. The molecule has 0 amide bonds. The van der Waals surface area contributed by atoms with Gasteiger partial charge in [-0.1, -0.05) is 412 Å². The zero-order valence-electron chi connectivity index (χ0n) is 73.9. The Morgan fingerprint density at radius 3 is 1.24 bits per heavy atom. The third kappa shape index (κ3) is 19.5. The van der Waals surface area contributed by atoms with Crippen molar-refractivity contribution in [2.24, 2.45) is 5.41 Å². The summed E-state index contributed by atoms with van der Waals surface area (Å²) in [4.78, 5) is 0. The van der Waals surface area contributed by atoms with Crippen LogP contribution in [0.1, 0.15) is 185 Å². The van der Waals surface area contributed by atoms with Crippen LogP contribution in [0, 0.1) is 5.41 Å². The zero-order valence-corrected chi connectivity index (χ0v) is 75.5. The van der Waals surface area contributed by atoms with Gasteiger partial charge < -0.3 is 17.8 Å². The van der Waals surface area contributed by atoms with Crippen LogP contribution >= 0.6 is 22.7 Å². The third-order valence-electron chi connectivity index (χ3n) is 22.3. The molecule has 0 spiro atoms. The molecule has 119 heavy (non-hydrogen) atoms. The summed E-state index contributed by atoms with van der Waals surface area (Å²) in [5.41, 5.74) is 26.1. The summed E-state index contributed by atoms with van der Waals surface area (Å²) in [6.07, 6.45) is 11.2. The van der Waals surface area contributed by atoms with E-state index in [-0.39, 0.29) is 27.1 Å². The number of fused-ring (bicyclic) bond motifs is 12. The largest absolute Gasteiger partial charge is 0.472 e. The lowest BCUT2D eigenvalue weighted by Gasteiger charge is -2.24. The van der Waals surface area contributed by atoms with Gasteiger partial charge in [0, 0.05) is 69.3 Å². The molecular weight excluding hydrogens is 1480 g/mol. The van der Waals surface area contributed by atoms with E-state index in [4.69, 9.17) is 13.3 Å².